The van der Waals surface area contributed by atoms with Gasteiger partial charge >= 0.3 is 157 Å². The van der Waals surface area contributed by atoms with Gasteiger partial charge in [-0.05, 0) is 23.7 Å². The summed E-state index contributed by atoms with van der Waals surface area (Å²) < 4.78 is 60.4. The minimum atomic E-state index is -4.13. The zero-order chi connectivity index (χ0) is 39.2. The van der Waals surface area contributed by atoms with Crippen LogP contribution in [0.5, 0.6) is 0 Å². The molecule has 10 heteroatoms. The number of hydrogen-bond donors (Lipinski definition) is 0. The fourth-order valence-corrected chi connectivity index (χ4v) is 28.5. The number of phosphoric ester groups is 2. The van der Waals surface area contributed by atoms with Crippen molar-refractivity contribution < 1.29 is 51.8 Å². The fourth-order valence-electron chi connectivity index (χ4n) is 6.18. The first-order chi connectivity index (χ1) is 22.8. The third kappa shape index (κ3) is 32.6. The molecule has 304 valence electrons. The van der Waals surface area contributed by atoms with Crippen molar-refractivity contribution in [2.75, 3.05) is 26.4 Å². The van der Waals surface area contributed by atoms with E-state index < -0.39 is 35.9 Å². The summed E-state index contributed by atoms with van der Waals surface area (Å²) in [6.07, 6.45) is 13.9. The van der Waals surface area contributed by atoms with Crippen LogP contribution < -0.4 is 0 Å². The van der Waals surface area contributed by atoms with Crippen LogP contribution in [0.1, 0.15) is 188 Å². The van der Waals surface area contributed by atoms with Crippen LogP contribution in [0.25, 0.3) is 0 Å². The van der Waals surface area contributed by atoms with Crippen molar-refractivity contribution in [3.63, 3.8) is 0 Å². The van der Waals surface area contributed by atoms with E-state index >= 15 is 0 Å². The third-order valence-electron chi connectivity index (χ3n) is 7.94. The van der Waals surface area contributed by atoms with Crippen molar-refractivity contribution in [1.82, 2.24) is 0 Å². The molecule has 0 spiro atoms. The van der Waals surface area contributed by atoms with E-state index in [9.17, 15) is 9.13 Å². The Kier molecular flexibility index (Phi) is 27.8. The van der Waals surface area contributed by atoms with Crippen LogP contribution in [0.4, 0.5) is 0 Å². The van der Waals surface area contributed by atoms with Gasteiger partial charge in [-0.15, -0.1) is 0 Å². The molecule has 0 saturated carbocycles. The Labute approximate surface area is 318 Å². The third-order valence-corrected chi connectivity index (χ3v) is 27.3. The van der Waals surface area contributed by atoms with Gasteiger partial charge in [0.2, 0.25) is 0 Å². The second-order valence-electron chi connectivity index (χ2n) is 19.6. The standard InChI is InChI=1S/C20H44O7P2.4C5H11.Zr/c1-9-11-13-15-23-28(21,25-17-19(3,4)5)27-29(22,24-16-14-12-10-2)26-18-20(6,7)8;2*1-5(2,3)4;2*1-3-5-4-2;/h9-18H2,1-8H3;2*1H2,2-4H3;2*1,3-5H2,2H3;. The SMILES string of the molecule is CCCCCOP(=O)(OCC(C)(C)C)OP(=O)(OCCCCC)OCC(C)(C)C.CCCC[CH2][Zr]([CH2]CCCC)([CH2]C(C)(C)C)[CH2]C(C)(C)C. The Morgan fingerprint density at radius 1 is 0.420 bits per heavy atom. The molecule has 0 amide bonds. The summed E-state index contributed by atoms with van der Waals surface area (Å²) in [5, 5.41) is 0. The van der Waals surface area contributed by atoms with Gasteiger partial charge in [0.25, 0.3) is 0 Å². The van der Waals surface area contributed by atoms with Crippen LogP contribution in [-0.2, 0) is 51.8 Å². The molecule has 0 heterocycles. The fraction of sp³-hybridized carbons (Fsp3) is 1.00. The van der Waals surface area contributed by atoms with Gasteiger partial charge in [0.05, 0.1) is 26.4 Å². The van der Waals surface area contributed by atoms with Crippen molar-refractivity contribution in [1.29, 1.82) is 0 Å². The van der Waals surface area contributed by atoms with Crippen molar-refractivity contribution in [3.05, 3.63) is 0 Å². The van der Waals surface area contributed by atoms with Gasteiger partial charge in [0, 0.05) is 0 Å². The molecule has 0 aromatic rings. The molecule has 50 heavy (non-hydrogen) atoms. The van der Waals surface area contributed by atoms with Gasteiger partial charge < -0.3 is 0 Å². The minimum absolute atomic E-state index is 0.118. The molecule has 0 N–H and O–H groups in total. The molecule has 0 fully saturated rings. The molecular weight excluding hydrogens is 746 g/mol. The molecule has 2 atom stereocenters. The van der Waals surface area contributed by atoms with E-state index in [2.05, 4.69) is 69.2 Å². The quantitative estimate of drug-likeness (QED) is 0.0634. The normalized spacial score (nSPS) is 15.7. The number of hydrogen-bond acceptors (Lipinski definition) is 7. The van der Waals surface area contributed by atoms with Gasteiger partial charge in [-0.3, -0.25) is 18.1 Å². The first-order valence-corrected chi connectivity index (χ1v) is 30.1. The van der Waals surface area contributed by atoms with E-state index in [0.717, 1.165) is 25.7 Å². The van der Waals surface area contributed by atoms with Crippen molar-refractivity contribution >= 4 is 15.6 Å². The van der Waals surface area contributed by atoms with Crippen LogP contribution in [0.15, 0.2) is 0 Å². The molecule has 0 rings (SSSR count). The molecule has 0 radical (unpaired) electrons. The van der Waals surface area contributed by atoms with Gasteiger partial charge in [-0.1, -0.05) is 81.1 Å². The number of phosphoric acid groups is 2. The molecule has 2 unspecified atom stereocenters. The molecule has 0 bridgehead atoms. The predicted molar refractivity (Wildman–Crippen MR) is 215 cm³/mol. The summed E-state index contributed by atoms with van der Waals surface area (Å²) in [5.74, 6) is 0. The Morgan fingerprint density at radius 3 is 0.980 bits per heavy atom. The molecular formula is C40H88O7P2Zr. The van der Waals surface area contributed by atoms with Crippen molar-refractivity contribution in [2.45, 2.75) is 204 Å². The number of rotatable bonds is 26. The molecule has 0 aliphatic heterocycles. The summed E-state index contributed by atoms with van der Waals surface area (Å²) >= 11 is -2.02. The predicted octanol–water partition coefficient (Wildman–Crippen LogP) is 16.0. The summed E-state index contributed by atoms with van der Waals surface area (Å²) in [6.45, 7) is 36.0. The summed E-state index contributed by atoms with van der Waals surface area (Å²) in [6, 6.07) is 0. The van der Waals surface area contributed by atoms with E-state index in [1.54, 1.807) is 16.5 Å². The molecule has 0 aromatic heterocycles. The zero-order valence-electron chi connectivity index (χ0n) is 36.4. The van der Waals surface area contributed by atoms with Gasteiger partial charge in [0.15, 0.2) is 0 Å². The van der Waals surface area contributed by atoms with Crippen LogP contribution in [0.3, 0.4) is 0 Å². The maximum absolute atomic E-state index is 13.3. The van der Waals surface area contributed by atoms with E-state index in [-0.39, 0.29) is 37.3 Å². The first-order valence-electron chi connectivity index (χ1n) is 20.3. The van der Waals surface area contributed by atoms with Crippen LogP contribution in [0.2, 0.25) is 16.5 Å². The Hall–Kier alpha value is 1.14. The monoisotopic (exact) mass is 833 g/mol. The molecule has 0 aromatic carbocycles. The summed E-state index contributed by atoms with van der Waals surface area (Å²) in [7, 11) is -8.26. The summed E-state index contributed by atoms with van der Waals surface area (Å²) in [4.78, 5) is 0. The average molecular weight is 834 g/mol. The van der Waals surface area contributed by atoms with Crippen LogP contribution in [-0.4, -0.2) is 26.4 Å². The topological polar surface area (TPSA) is 80.3 Å². The molecule has 7 nitrogen and oxygen atoms in total. The second kappa shape index (κ2) is 26.1. The average Bonchev–Trinajstić information content (AvgIpc) is 2.94. The van der Waals surface area contributed by atoms with Crippen LogP contribution >= 0.6 is 15.6 Å². The summed E-state index contributed by atoms with van der Waals surface area (Å²) in [5.41, 5.74) is 0.535. The van der Waals surface area contributed by atoms with Crippen LogP contribution in [0, 0.1) is 21.7 Å². The zero-order valence-corrected chi connectivity index (χ0v) is 40.6. The van der Waals surface area contributed by atoms with Gasteiger partial charge in [-0.25, -0.2) is 9.13 Å². The molecule has 0 aliphatic carbocycles. The van der Waals surface area contributed by atoms with Gasteiger partial charge in [0.1, 0.15) is 0 Å². The molecule has 0 saturated heterocycles. The van der Waals surface area contributed by atoms with E-state index in [1.165, 1.54) is 38.5 Å². The van der Waals surface area contributed by atoms with E-state index in [4.69, 9.17) is 22.4 Å². The number of unbranched alkanes of at least 4 members (excludes halogenated alkanes) is 8. The van der Waals surface area contributed by atoms with Crippen molar-refractivity contribution in [3.8, 4) is 0 Å². The Morgan fingerprint density at radius 2 is 0.720 bits per heavy atom. The maximum atomic E-state index is 13.3. The van der Waals surface area contributed by atoms with E-state index in [1.807, 2.05) is 41.5 Å². The van der Waals surface area contributed by atoms with E-state index in [0.29, 0.717) is 23.7 Å². The Balaban J connectivity index is 0. The van der Waals surface area contributed by atoms with Gasteiger partial charge in [-0.2, -0.15) is 4.31 Å². The first kappa shape index (κ1) is 53.2. The Bertz CT molecular complexity index is 856. The second-order valence-corrected chi connectivity index (χ2v) is 34.7. The van der Waals surface area contributed by atoms with Crippen molar-refractivity contribution in [2.24, 2.45) is 21.7 Å². The molecule has 0 aliphatic rings.